The molecule has 258 valence electrons. The van der Waals surface area contributed by atoms with Crippen molar-refractivity contribution in [2.24, 2.45) is 34.5 Å². The third-order valence-corrected chi connectivity index (χ3v) is 14.8. The lowest BCUT2D eigenvalue weighted by molar-refractivity contribution is -0.0651. The summed E-state index contributed by atoms with van der Waals surface area (Å²) in [6.07, 6.45) is 12.1. The number of rotatable bonds is 2. The average Bonchev–Trinajstić information content (AvgIpc) is 3.50. The SMILES string of the molecule is COc1ccc2c(c1)CC[C@@H]1[C@@H]2CC[C@@]2(C)[C@H]1CC[C@@]2(O)C#CC#C[C@]1(O)CC[C@H]2[C@@H]3CCc4cc(OC)ccc4[C@H]3CC[C@@]21C.O.O. The summed E-state index contributed by atoms with van der Waals surface area (Å²) in [5.74, 6) is 18.0. The van der Waals surface area contributed by atoms with Crippen LogP contribution in [-0.2, 0) is 12.8 Å². The van der Waals surface area contributed by atoms with Crippen molar-refractivity contribution in [2.75, 3.05) is 14.2 Å². The third-order valence-electron chi connectivity index (χ3n) is 14.8. The van der Waals surface area contributed by atoms with Crippen molar-refractivity contribution in [3.05, 3.63) is 58.7 Å². The summed E-state index contributed by atoms with van der Waals surface area (Å²) in [5, 5.41) is 24.2. The molecule has 0 radical (unpaired) electrons. The number of aliphatic hydroxyl groups is 2. The molecule has 0 bridgehead atoms. The highest BCUT2D eigenvalue weighted by atomic mass is 16.5. The van der Waals surface area contributed by atoms with Crippen molar-refractivity contribution >= 4 is 0 Å². The van der Waals surface area contributed by atoms with E-state index in [9.17, 15) is 10.2 Å². The number of fused-ring (bicyclic) bond motifs is 10. The summed E-state index contributed by atoms with van der Waals surface area (Å²) in [5.41, 5.74) is 3.36. The maximum absolute atomic E-state index is 12.1. The van der Waals surface area contributed by atoms with Gasteiger partial charge in [0.15, 0.2) is 0 Å². The van der Waals surface area contributed by atoms with E-state index in [0.29, 0.717) is 48.3 Å². The zero-order valence-corrected chi connectivity index (χ0v) is 29.1. The molecule has 6 aliphatic carbocycles. The van der Waals surface area contributed by atoms with E-state index < -0.39 is 11.2 Å². The molecule has 48 heavy (non-hydrogen) atoms. The zero-order chi connectivity index (χ0) is 31.9. The van der Waals surface area contributed by atoms with Gasteiger partial charge < -0.3 is 30.6 Å². The molecule has 0 aliphatic heterocycles. The summed E-state index contributed by atoms with van der Waals surface area (Å²) in [4.78, 5) is 0. The Bertz CT molecular complexity index is 1550. The van der Waals surface area contributed by atoms with Gasteiger partial charge in [-0.3, -0.25) is 0 Å². The first kappa shape index (κ1) is 34.8. The van der Waals surface area contributed by atoms with Crippen molar-refractivity contribution in [1.29, 1.82) is 0 Å². The molecule has 6 N–H and O–H groups in total. The summed E-state index contributed by atoms with van der Waals surface area (Å²) in [6, 6.07) is 13.3. The van der Waals surface area contributed by atoms with E-state index in [0.717, 1.165) is 62.9 Å². The molecule has 2 aromatic carbocycles. The second-order valence-electron chi connectivity index (χ2n) is 16.2. The predicted molar refractivity (Wildman–Crippen MR) is 188 cm³/mol. The minimum atomic E-state index is -1.03. The minimum absolute atomic E-state index is 0. The molecule has 0 saturated heterocycles. The van der Waals surface area contributed by atoms with Gasteiger partial charge in [0.25, 0.3) is 0 Å². The lowest BCUT2D eigenvalue weighted by atomic mass is 9.53. The van der Waals surface area contributed by atoms with E-state index >= 15 is 0 Å². The van der Waals surface area contributed by atoms with Crippen LogP contribution in [0, 0.1) is 58.2 Å². The Balaban J connectivity index is 0.00000201. The second-order valence-corrected chi connectivity index (χ2v) is 16.2. The zero-order valence-electron chi connectivity index (χ0n) is 29.1. The molecule has 10 atom stereocenters. The van der Waals surface area contributed by atoms with Gasteiger partial charge in [0, 0.05) is 10.8 Å². The Morgan fingerprint density at radius 2 is 1.02 bits per heavy atom. The molecule has 0 amide bonds. The first-order valence-electron chi connectivity index (χ1n) is 18.0. The van der Waals surface area contributed by atoms with Crippen LogP contribution < -0.4 is 9.47 Å². The molecule has 2 aromatic rings. The van der Waals surface area contributed by atoms with Gasteiger partial charge in [0.05, 0.1) is 14.2 Å². The number of benzene rings is 2. The third kappa shape index (κ3) is 4.93. The quantitative estimate of drug-likeness (QED) is 0.390. The van der Waals surface area contributed by atoms with Crippen LogP contribution in [0.2, 0.25) is 0 Å². The van der Waals surface area contributed by atoms with Gasteiger partial charge in [0.1, 0.15) is 22.7 Å². The van der Waals surface area contributed by atoms with Crippen LogP contribution >= 0.6 is 0 Å². The minimum Gasteiger partial charge on any atom is -0.497 e. The normalized spacial score (nSPS) is 39.8. The first-order chi connectivity index (χ1) is 22.1. The molecule has 0 unspecified atom stereocenters. The van der Waals surface area contributed by atoms with E-state index in [1.54, 1.807) is 14.2 Å². The number of aryl methyl sites for hydroxylation is 2. The Morgan fingerprint density at radius 3 is 1.42 bits per heavy atom. The van der Waals surface area contributed by atoms with Gasteiger partial charge in [-0.1, -0.05) is 37.8 Å². The van der Waals surface area contributed by atoms with Gasteiger partial charge in [-0.05, 0) is 171 Å². The standard InChI is InChI=1S/C42H50O4.2H2O/c1-39-21-15-33-31-13-9-29(45-3)25-27(31)7-11-35(33)37(39)17-23-41(39,43)19-5-6-20-42(44)24-18-38-36-12-8-28-26-30(46-4)10-14-32(28)34(36)16-22-40(38,42)2;;/h9-10,13-14,25-26,33-38,43-44H,7-8,11-12,15-18,21-24H2,1-4H3;2*1H2/t33-,34-,35-,36-,37+,38+,39+,40+,41+,42+;;/m1../s1. The van der Waals surface area contributed by atoms with Crippen molar-refractivity contribution in [3.8, 4) is 35.2 Å². The Hall–Kier alpha value is -3.00. The fourth-order valence-electron chi connectivity index (χ4n) is 12.1. The van der Waals surface area contributed by atoms with E-state index in [2.05, 4.69) is 73.9 Å². The van der Waals surface area contributed by atoms with Gasteiger partial charge >= 0.3 is 0 Å². The highest BCUT2D eigenvalue weighted by Crippen LogP contribution is 2.65. The largest absolute Gasteiger partial charge is 0.497 e. The van der Waals surface area contributed by atoms with Crippen LogP contribution in [-0.4, -0.2) is 46.6 Å². The smallest absolute Gasteiger partial charge is 0.132 e. The Morgan fingerprint density at radius 1 is 0.604 bits per heavy atom. The van der Waals surface area contributed by atoms with E-state index in [-0.39, 0.29) is 21.8 Å². The van der Waals surface area contributed by atoms with Crippen molar-refractivity contribution in [2.45, 2.75) is 114 Å². The van der Waals surface area contributed by atoms with Crippen LogP contribution in [0.25, 0.3) is 0 Å². The monoisotopic (exact) mass is 654 g/mol. The second kappa shape index (κ2) is 12.4. The number of hydrogen-bond acceptors (Lipinski definition) is 4. The maximum atomic E-state index is 12.1. The predicted octanol–water partition coefficient (Wildman–Crippen LogP) is 5.94. The fourth-order valence-corrected chi connectivity index (χ4v) is 12.1. The number of methoxy groups -OCH3 is 2. The molecular weight excluding hydrogens is 600 g/mol. The average molecular weight is 655 g/mol. The van der Waals surface area contributed by atoms with Gasteiger partial charge in [-0.25, -0.2) is 0 Å². The van der Waals surface area contributed by atoms with Crippen molar-refractivity contribution in [3.63, 3.8) is 0 Å². The molecule has 8 rings (SSSR count). The molecule has 6 aliphatic rings. The first-order valence-corrected chi connectivity index (χ1v) is 18.0. The number of hydrogen-bond donors (Lipinski definition) is 2. The van der Waals surface area contributed by atoms with Crippen LogP contribution in [0.3, 0.4) is 0 Å². The molecule has 0 heterocycles. The molecule has 4 saturated carbocycles. The molecule has 6 heteroatoms. The fraction of sp³-hybridized carbons (Fsp3) is 0.619. The van der Waals surface area contributed by atoms with Gasteiger partial charge in [-0.2, -0.15) is 0 Å². The van der Waals surface area contributed by atoms with Crippen LogP contribution in [0.1, 0.15) is 112 Å². The van der Waals surface area contributed by atoms with Gasteiger partial charge in [0.2, 0.25) is 0 Å². The van der Waals surface area contributed by atoms with Crippen LogP contribution in [0.4, 0.5) is 0 Å². The molecule has 6 nitrogen and oxygen atoms in total. The topological polar surface area (TPSA) is 122 Å². The van der Waals surface area contributed by atoms with Crippen molar-refractivity contribution < 1.29 is 30.6 Å². The molecule has 0 aromatic heterocycles. The van der Waals surface area contributed by atoms with E-state index in [1.165, 1.54) is 35.1 Å². The van der Waals surface area contributed by atoms with Gasteiger partial charge in [-0.15, -0.1) is 0 Å². The Labute approximate surface area is 286 Å². The lowest BCUT2D eigenvalue weighted by Gasteiger charge is -2.52. The van der Waals surface area contributed by atoms with E-state index in [1.807, 2.05) is 0 Å². The van der Waals surface area contributed by atoms with Crippen LogP contribution in [0.5, 0.6) is 11.5 Å². The summed E-state index contributed by atoms with van der Waals surface area (Å²) >= 11 is 0. The Kier molecular flexibility index (Phi) is 9.00. The molecule has 0 spiro atoms. The summed E-state index contributed by atoms with van der Waals surface area (Å²) in [7, 11) is 3.49. The van der Waals surface area contributed by atoms with Crippen LogP contribution in [0.15, 0.2) is 36.4 Å². The lowest BCUT2D eigenvalue weighted by Crippen LogP contribution is -2.50. The summed E-state index contributed by atoms with van der Waals surface area (Å²) in [6.45, 7) is 4.58. The maximum Gasteiger partial charge on any atom is 0.132 e. The molecular formula is C42H54O6. The molecule has 4 fully saturated rings. The van der Waals surface area contributed by atoms with E-state index in [4.69, 9.17) is 9.47 Å². The highest BCUT2D eigenvalue weighted by molar-refractivity contribution is 5.44. The van der Waals surface area contributed by atoms with Crippen molar-refractivity contribution in [1.82, 2.24) is 0 Å². The highest BCUT2D eigenvalue weighted by Gasteiger charge is 2.62. The number of ether oxygens (including phenoxy) is 2. The summed E-state index contributed by atoms with van der Waals surface area (Å²) < 4.78 is 11.0.